The second-order valence-corrected chi connectivity index (χ2v) is 3.67. The van der Waals surface area contributed by atoms with Crippen LogP contribution in [0.2, 0.25) is 0 Å². The molecule has 0 saturated heterocycles. The quantitative estimate of drug-likeness (QED) is 0.743. The zero-order valence-electron chi connectivity index (χ0n) is 9.31. The van der Waals surface area contributed by atoms with Crippen molar-refractivity contribution in [2.45, 2.75) is 19.0 Å². The van der Waals surface area contributed by atoms with Crippen LogP contribution in [0.5, 0.6) is 0 Å². The zero-order chi connectivity index (χ0) is 11.1. The van der Waals surface area contributed by atoms with Gasteiger partial charge in [0, 0.05) is 13.2 Å². The SMILES string of the molecule is COCC(C)NC(CO)c1ccccc1. The Balaban J connectivity index is 2.56. The van der Waals surface area contributed by atoms with E-state index in [9.17, 15) is 5.11 Å². The molecular formula is C12H19NO2. The second-order valence-electron chi connectivity index (χ2n) is 3.67. The van der Waals surface area contributed by atoms with Crippen molar-refractivity contribution in [1.82, 2.24) is 5.32 Å². The predicted octanol–water partition coefficient (Wildman–Crippen LogP) is 1.34. The maximum absolute atomic E-state index is 9.29. The molecule has 1 rings (SSSR count). The van der Waals surface area contributed by atoms with Crippen LogP contribution in [0.4, 0.5) is 0 Å². The fraction of sp³-hybridized carbons (Fsp3) is 0.500. The molecule has 3 nitrogen and oxygen atoms in total. The summed E-state index contributed by atoms with van der Waals surface area (Å²) in [5.74, 6) is 0. The van der Waals surface area contributed by atoms with E-state index in [1.165, 1.54) is 0 Å². The molecule has 2 N–H and O–H groups in total. The van der Waals surface area contributed by atoms with Crippen LogP contribution in [-0.2, 0) is 4.74 Å². The van der Waals surface area contributed by atoms with E-state index < -0.39 is 0 Å². The number of aliphatic hydroxyl groups excluding tert-OH is 1. The van der Waals surface area contributed by atoms with Crippen molar-refractivity contribution in [3.05, 3.63) is 35.9 Å². The summed E-state index contributed by atoms with van der Waals surface area (Å²) in [4.78, 5) is 0. The highest BCUT2D eigenvalue weighted by Gasteiger charge is 2.12. The Morgan fingerprint density at radius 1 is 1.33 bits per heavy atom. The number of nitrogens with one attached hydrogen (secondary N) is 1. The Morgan fingerprint density at radius 2 is 2.00 bits per heavy atom. The monoisotopic (exact) mass is 209 g/mol. The van der Waals surface area contributed by atoms with Crippen molar-refractivity contribution in [1.29, 1.82) is 0 Å². The van der Waals surface area contributed by atoms with Crippen LogP contribution in [0.15, 0.2) is 30.3 Å². The van der Waals surface area contributed by atoms with Gasteiger partial charge in [-0.2, -0.15) is 0 Å². The first-order chi connectivity index (χ1) is 7.27. The minimum atomic E-state index is -0.0173. The maximum atomic E-state index is 9.29. The molecule has 0 saturated carbocycles. The Labute approximate surface area is 91.1 Å². The predicted molar refractivity (Wildman–Crippen MR) is 60.7 cm³/mol. The summed E-state index contributed by atoms with van der Waals surface area (Å²) >= 11 is 0. The third kappa shape index (κ3) is 4.00. The van der Waals surface area contributed by atoms with Gasteiger partial charge < -0.3 is 15.2 Å². The lowest BCUT2D eigenvalue weighted by atomic mass is 10.1. The van der Waals surface area contributed by atoms with Crippen molar-refractivity contribution < 1.29 is 9.84 Å². The normalized spacial score (nSPS) is 14.9. The van der Waals surface area contributed by atoms with Crippen LogP contribution in [0.1, 0.15) is 18.5 Å². The number of ether oxygens (including phenoxy) is 1. The molecule has 1 aromatic rings. The number of benzene rings is 1. The van der Waals surface area contributed by atoms with Crippen LogP contribution in [-0.4, -0.2) is 31.5 Å². The van der Waals surface area contributed by atoms with E-state index in [2.05, 4.69) is 5.32 Å². The lowest BCUT2D eigenvalue weighted by molar-refractivity contribution is 0.154. The summed E-state index contributed by atoms with van der Waals surface area (Å²) in [6.45, 7) is 2.77. The maximum Gasteiger partial charge on any atom is 0.0626 e. The number of hydrogen-bond acceptors (Lipinski definition) is 3. The molecule has 0 fully saturated rings. The largest absolute Gasteiger partial charge is 0.394 e. The second kappa shape index (κ2) is 6.56. The third-order valence-corrected chi connectivity index (χ3v) is 2.29. The van der Waals surface area contributed by atoms with E-state index >= 15 is 0 Å². The number of hydrogen-bond donors (Lipinski definition) is 2. The van der Waals surface area contributed by atoms with Crippen LogP contribution in [0.25, 0.3) is 0 Å². The van der Waals surface area contributed by atoms with Gasteiger partial charge in [0.05, 0.1) is 19.3 Å². The molecule has 0 bridgehead atoms. The lowest BCUT2D eigenvalue weighted by Crippen LogP contribution is -2.35. The zero-order valence-corrected chi connectivity index (χ0v) is 9.31. The molecule has 2 unspecified atom stereocenters. The van der Waals surface area contributed by atoms with Gasteiger partial charge in [0.2, 0.25) is 0 Å². The Bertz CT molecular complexity index is 264. The molecule has 0 aliphatic rings. The van der Waals surface area contributed by atoms with Crippen molar-refractivity contribution in [2.24, 2.45) is 0 Å². The molecule has 0 spiro atoms. The lowest BCUT2D eigenvalue weighted by Gasteiger charge is -2.21. The highest BCUT2D eigenvalue weighted by atomic mass is 16.5. The summed E-state index contributed by atoms with van der Waals surface area (Å²) in [6, 6.07) is 10.1. The molecule has 15 heavy (non-hydrogen) atoms. The molecule has 0 radical (unpaired) electrons. The van der Waals surface area contributed by atoms with Crippen LogP contribution in [0.3, 0.4) is 0 Å². The summed E-state index contributed by atoms with van der Waals surface area (Å²) in [5.41, 5.74) is 1.10. The molecule has 0 aromatic heterocycles. The average molecular weight is 209 g/mol. The smallest absolute Gasteiger partial charge is 0.0626 e. The van der Waals surface area contributed by atoms with Gasteiger partial charge in [-0.15, -0.1) is 0 Å². The topological polar surface area (TPSA) is 41.5 Å². The standard InChI is InChI=1S/C12H19NO2/c1-10(9-15-2)13-12(8-14)11-6-4-3-5-7-11/h3-7,10,12-14H,8-9H2,1-2H3. The molecule has 0 amide bonds. The Kier molecular flexibility index (Phi) is 5.32. The minimum Gasteiger partial charge on any atom is -0.394 e. The van der Waals surface area contributed by atoms with Gasteiger partial charge >= 0.3 is 0 Å². The van der Waals surface area contributed by atoms with E-state index in [0.717, 1.165) is 5.56 Å². The molecule has 1 aromatic carbocycles. The first-order valence-electron chi connectivity index (χ1n) is 5.18. The van der Waals surface area contributed by atoms with Gasteiger partial charge in [-0.25, -0.2) is 0 Å². The fourth-order valence-electron chi connectivity index (χ4n) is 1.58. The summed E-state index contributed by atoms with van der Waals surface area (Å²) < 4.78 is 5.04. The van der Waals surface area contributed by atoms with Crippen molar-refractivity contribution >= 4 is 0 Å². The first kappa shape index (κ1) is 12.2. The average Bonchev–Trinajstić information content (AvgIpc) is 2.27. The molecular weight excluding hydrogens is 190 g/mol. The van der Waals surface area contributed by atoms with Gasteiger partial charge in [-0.05, 0) is 12.5 Å². The number of aliphatic hydroxyl groups is 1. The summed E-state index contributed by atoms with van der Waals surface area (Å²) in [5, 5.41) is 12.6. The minimum absolute atomic E-state index is 0.0173. The van der Waals surface area contributed by atoms with Crippen molar-refractivity contribution in [3.8, 4) is 0 Å². The van der Waals surface area contributed by atoms with Gasteiger partial charge in [-0.3, -0.25) is 0 Å². The van der Waals surface area contributed by atoms with E-state index in [4.69, 9.17) is 4.74 Å². The molecule has 0 aliphatic carbocycles. The third-order valence-electron chi connectivity index (χ3n) is 2.29. The van der Waals surface area contributed by atoms with E-state index in [-0.39, 0.29) is 18.7 Å². The van der Waals surface area contributed by atoms with Crippen LogP contribution >= 0.6 is 0 Å². The van der Waals surface area contributed by atoms with Gasteiger partial charge in [0.15, 0.2) is 0 Å². The Morgan fingerprint density at radius 3 is 2.53 bits per heavy atom. The van der Waals surface area contributed by atoms with Gasteiger partial charge in [-0.1, -0.05) is 30.3 Å². The molecule has 2 atom stereocenters. The van der Waals surface area contributed by atoms with E-state index in [1.807, 2.05) is 37.3 Å². The summed E-state index contributed by atoms with van der Waals surface area (Å²) in [7, 11) is 1.68. The van der Waals surface area contributed by atoms with Gasteiger partial charge in [0.1, 0.15) is 0 Å². The van der Waals surface area contributed by atoms with Crippen molar-refractivity contribution in [2.75, 3.05) is 20.3 Å². The first-order valence-corrected chi connectivity index (χ1v) is 5.18. The van der Waals surface area contributed by atoms with E-state index in [0.29, 0.717) is 6.61 Å². The highest BCUT2D eigenvalue weighted by molar-refractivity contribution is 5.18. The van der Waals surface area contributed by atoms with Crippen LogP contribution < -0.4 is 5.32 Å². The molecule has 0 aliphatic heterocycles. The number of methoxy groups -OCH3 is 1. The molecule has 3 heteroatoms. The van der Waals surface area contributed by atoms with Crippen LogP contribution in [0, 0.1) is 0 Å². The molecule has 84 valence electrons. The highest BCUT2D eigenvalue weighted by Crippen LogP contribution is 2.12. The summed E-state index contributed by atoms with van der Waals surface area (Å²) in [6.07, 6.45) is 0. The van der Waals surface area contributed by atoms with Gasteiger partial charge in [0.25, 0.3) is 0 Å². The van der Waals surface area contributed by atoms with Crippen molar-refractivity contribution in [3.63, 3.8) is 0 Å². The molecule has 0 heterocycles. The number of rotatable bonds is 6. The fourth-order valence-corrected chi connectivity index (χ4v) is 1.58. The van der Waals surface area contributed by atoms with E-state index in [1.54, 1.807) is 7.11 Å². The Hall–Kier alpha value is -0.900.